The van der Waals surface area contributed by atoms with E-state index in [2.05, 4.69) is 23.5 Å². The molecule has 0 aromatic heterocycles. The highest BCUT2D eigenvalue weighted by atomic mass is 32.2. The number of hydrogen-bond acceptors (Lipinski definition) is 3. The summed E-state index contributed by atoms with van der Waals surface area (Å²) in [6.45, 7) is 8.03. The SMILES string of the molecule is C=C(CC)CNCCCNS(C)(=O)=O. The largest absolute Gasteiger partial charge is 0.313 e. The third-order valence-electron chi connectivity index (χ3n) is 1.77. The van der Waals surface area contributed by atoms with Gasteiger partial charge in [0.25, 0.3) is 0 Å². The molecule has 0 rings (SSSR count). The predicted octanol–water partition coefficient (Wildman–Crippen LogP) is 0.482. The quantitative estimate of drug-likeness (QED) is 0.462. The molecule has 0 heterocycles. The van der Waals surface area contributed by atoms with Gasteiger partial charge in [-0.3, -0.25) is 0 Å². The highest BCUT2D eigenvalue weighted by molar-refractivity contribution is 7.88. The van der Waals surface area contributed by atoms with Crippen molar-refractivity contribution in [1.29, 1.82) is 0 Å². The molecule has 0 unspecified atom stereocenters. The van der Waals surface area contributed by atoms with Gasteiger partial charge >= 0.3 is 0 Å². The summed E-state index contributed by atoms with van der Waals surface area (Å²) in [6.07, 6.45) is 2.94. The first-order valence-corrected chi connectivity index (χ1v) is 6.67. The van der Waals surface area contributed by atoms with E-state index in [1.165, 1.54) is 11.8 Å². The van der Waals surface area contributed by atoms with Gasteiger partial charge in [-0.1, -0.05) is 19.1 Å². The van der Waals surface area contributed by atoms with Crippen molar-refractivity contribution >= 4 is 10.0 Å². The fourth-order valence-corrected chi connectivity index (χ4v) is 1.38. The van der Waals surface area contributed by atoms with Crippen LogP contribution in [0, 0.1) is 0 Å². The molecule has 0 bridgehead atoms. The van der Waals surface area contributed by atoms with Crippen molar-refractivity contribution < 1.29 is 8.42 Å². The molecule has 0 spiro atoms. The summed E-state index contributed by atoms with van der Waals surface area (Å²) in [4.78, 5) is 0. The molecule has 0 amide bonds. The minimum Gasteiger partial charge on any atom is -0.313 e. The van der Waals surface area contributed by atoms with Crippen LogP contribution in [0.2, 0.25) is 0 Å². The second-order valence-corrected chi connectivity index (χ2v) is 5.13. The molecule has 0 atom stereocenters. The van der Waals surface area contributed by atoms with Crippen LogP contribution in [0.15, 0.2) is 12.2 Å². The highest BCUT2D eigenvalue weighted by Gasteiger charge is 1.98. The Morgan fingerprint density at radius 3 is 2.50 bits per heavy atom. The Bertz CT molecular complexity index is 260. The number of hydrogen-bond donors (Lipinski definition) is 2. The van der Waals surface area contributed by atoms with E-state index in [-0.39, 0.29) is 0 Å². The Kier molecular flexibility index (Phi) is 6.78. The van der Waals surface area contributed by atoms with Gasteiger partial charge in [0.15, 0.2) is 0 Å². The van der Waals surface area contributed by atoms with Crippen LogP contribution in [0.4, 0.5) is 0 Å². The monoisotopic (exact) mass is 220 g/mol. The van der Waals surface area contributed by atoms with Gasteiger partial charge in [0, 0.05) is 13.1 Å². The second kappa shape index (κ2) is 6.98. The molecule has 4 nitrogen and oxygen atoms in total. The molecule has 0 saturated heterocycles. The summed E-state index contributed by atoms with van der Waals surface area (Å²) in [5, 5.41) is 3.19. The Balaban J connectivity index is 3.27. The van der Waals surface area contributed by atoms with Crippen molar-refractivity contribution in [2.45, 2.75) is 19.8 Å². The second-order valence-electron chi connectivity index (χ2n) is 3.30. The van der Waals surface area contributed by atoms with Gasteiger partial charge in [0.05, 0.1) is 6.26 Å². The molecule has 0 aromatic rings. The van der Waals surface area contributed by atoms with Crippen LogP contribution in [0.25, 0.3) is 0 Å². The zero-order valence-corrected chi connectivity index (χ0v) is 9.78. The highest BCUT2D eigenvalue weighted by Crippen LogP contribution is 1.92. The molecule has 0 radical (unpaired) electrons. The first-order valence-electron chi connectivity index (χ1n) is 4.77. The smallest absolute Gasteiger partial charge is 0.208 e. The van der Waals surface area contributed by atoms with E-state index in [0.717, 1.165) is 25.9 Å². The molecule has 5 heteroatoms. The summed E-state index contributed by atoms with van der Waals surface area (Å²) >= 11 is 0. The minimum atomic E-state index is -3.03. The zero-order valence-electron chi connectivity index (χ0n) is 8.97. The third kappa shape index (κ3) is 9.70. The van der Waals surface area contributed by atoms with E-state index >= 15 is 0 Å². The normalized spacial score (nSPS) is 11.6. The summed E-state index contributed by atoms with van der Waals surface area (Å²) < 4.78 is 23.8. The standard InChI is InChI=1S/C9H20N2O2S/c1-4-9(2)8-10-6-5-7-11-14(3,12)13/h10-11H,2,4-8H2,1,3H3. The van der Waals surface area contributed by atoms with E-state index < -0.39 is 10.0 Å². The molecule has 84 valence electrons. The van der Waals surface area contributed by atoms with Crippen LogP contribution in [0.1, 0.15) is 19.8 Å². The average Bonchev–Trinajstić information content (AvgIpc) is 2.08. The van der Waals surface area contributed by atoms with Gasteiger partial charge in [0.1, 0.15) is 0 Å². The molecule has 0 aromatic carbocycles. The van der Waals surface area contributed by atoms with Crippen LogP contribution in [0.3, 0.4) is 0 Å². The summed E-state index contributed by atoms with van der Waals surface area (Å²) in [7, 11) is -3.03. The van der Waals surface area contributed by atoms with Crippen LogP contribution in [-0.4, -0.2) is 34.3 Å². The van der Waals surface area contributed by atoms with E-state index in [1.54, 1.807) is 0 Å². The van der Waals surface area contributed by atoms with Gasteiger partial charge in [-0.05, 0) is 19.4 Å². The van der Waals surface area contributed by atoms with Crippen LogP contribution in [-0.2, 0) is 10.0 Å². The summed E-state index contributed by atoms with van der Waals surface area (Å²) in [5.41, 5.74) is 1.17. The van der Waals surface area contributed by atoms with E-state index in [1.807, 2.05) is 0 Å². The molecule has 0 aliphatic rings. The van der Waals surface area contributed by atoms with Crippen molar-refractivity contribution in [1.82, 2.24) is 10.0 Å². The lowest BCUT2D eigenvalue weighted by Crippen LogP contribution is -2.26. The van der Waals surface area contributed by atoms with E-state index in [0.29, 0.717) is 6.54 Å². The third-order valence-corrected chi connectivity index (χ3v) is 2.50. The molecule has 2 N–H and O–H groups in total. The van der Waals surface area contributed by atoms with Gasteiger partial charge in [0.2, 0.25) is 10.0 Å². The Labute approximate surface area is 86.8 Å². The molecule has 0 aliphatic heterocycles. The zero-order chi connectivity index (χ0) is 11.0. The van der Waals surface area contributed by atoms with E-state index in [9.17, 15) is 8.42 Å². The Morgan fingerprint density at radius 2 is 2.00 bits per heavy atom. The maximum Gasteiger partial charge on any atom is 0.208 e. The van der Waals surface area contributed by atoms with Gasteiger partial charge in [-0.25, -0.2) is 13.1 Å². The van der Waals surface area contributed by atoms with Crippen molar-refractivity contribution in [2.75, 3.05) is 25.9 Å². The topological polar surface area (TPSA) is 58.2 Å². The lowest BCUT2D eigenvalue weighted by atomic mass is 10.2. The first-order chi connectivity index (χ1) is 6.45. The summed E-state index contributed by atoms with van der Waals surface area (Å²) in [6, 6.07) is 0. The van der Waals surface area contributed by atoms with Crippen LogP contribution >= 0.6 is 0 Å². The van der Waals surface area contributed by atoms with Crippen LogP contribution < -0.4 is 10.0 Å². The van der Waals surface area contributed by atoms with E-state index in [4.69, 9.17) is 0 Å². The Morgan fingerprint density at radius 1 is 1.36 bits per heavy atom. The predicted molar refractivity (Wildman–Crippen MR) is 59.8 cm³/mol. The van der Waals surface area contributed by atoms with Crippen LogP contribution in [0.5, 0.6) is 0 Å². The lowest BCUT2D eigenvalue weighted by Gasteiger charge is -2.05. The fraction of sp³-hybridized carbons (Fsp3) is 0.778. The van der Waals surface area contributed by atoms with Crippen molar-refractivity contribution in [2.24, 2.45) is 0 Å². The summed E-state index contributed by atoms with van der Waals surface area (Å²) in [5.74, 6) is 0. The number of nitrogens with one attached hydrogen (secondary N) is 2. The first kappa shape index (κ1) is 13.6. The fourth-order valence-electron chi connectivity index (χ4n) is 0.861. The molecular weight excluding hydrogens is 200 g/mol. The average molecular weight is 220 g/mol. The van der Waals surface area contributed by atoms with Crippen molar-refractivity contribution in [3.05, 3.63) is 12.2 Å². The molecule has 0 saturated carbocycles. The molecular formula is C9H20N2O2S. The Hall–Kier alpha value is -0.390. The van der Waals surface area contributed by atoms with Gasteiger partial charge in [-0.15, -0.1) is 0 Å². The van der Waals surface area contributed by atoms with Crippen molar-refractivity contribution in [3.8, 4) is 0 Å². The minimum absolute atomic E-state index is 0.491. The number of sulfonamides is 1. The molecule has 0 fully saturated rings. The maximum atomic E-state index is 10.7. The van der Waals surface area contributed by atoms with Crippen molar-refractivity contribution in [3.63, 3.8) is 0 Å². The van der Waals surface area contributed by atoms with Gasteiger partial charge in [-0.2, -0.15) is 0 Å². The number of rotatable bonds is 8. The van der Waals surface area contributed by atoms with Gasteiger partial charge < -0.3 is 5.32 Å². The maximum absolute atomic E-state index is 10.7. The lowest BCUT2D eigenvalue weighted by molar-refractivity contribution is 0.581. The molecule has 0 aliphatic carbocycles. The molecule has 14 heavy (non-hydrogen) atoms.